The molecule has 1 fully saturated rings. The van der Waals surface area contributed by atoms with E-state index < -0.39 is 0 Å². The van der Waals surface area contributed by atoms with E-state index in [0.717, 1.165) is 49.1 Å². The molecule has 1 N–H and O–H groups in total. The fourth-order valence-corrected chi connectivity index (χ4v) is 2.69. The first-order chi connectivity index (χ1) is 8.63. The number of hydrogen-bond acceptors (Lipinski definition) is 3. The SMILES string of the molecule is COc1cc(C)c(CN2CCNCC2)c(C)c1Cl. The van der Waals surface area contributed by atoms with Gasteiger partial charge in [-0.3, -0.25) is 4.90 Å². The first-order valence-corrected chi connectivity index (χ1v) is 6.77. The number of piperazine rings is 1. The van der Waals surface area contributed by atoms with Crippen molar-refractivity contribution in [2.24, 2.45) is 0 Å². The molecule has 0 radical (unpaired) electrons. The zero-order chi connectivity index (χ0) is 13.1. The highest BCUT2D eigenvalue weighted by Crippen LogP contribution is 2.33. The molecule has 1 aromatic rings. The maximum absolute atomic E-state index is 6.33. The highest BCUT2D eigenvalue weighted by atomic mass is 35.5. The Morgan fingerprint density at radius 2 is 2.00 bits per heavy atom. The molecule has 2 rings (SSSR count). The van der Waals surface area contributed by atoms with Gasteiger partial charge in [-0.05, 0) is 36.6 Å². The molecule has 0 unspecified atom stereocenters. The summed E-state index contributed by atoms with van der Waals surface area (Å²) in [4.78, 5) is 2.47. The Bertz CT molecular complexity index is 428. The Labute approximate surface area is 114 Å². The van der Waals surface area contributed by atoms with Crippen LogP contribution in [0.3, 0.4) is 0 Å². The molecule has 1 aromatic carbocycles. The summed E-state index contributed by atoms with van der Waals surface area (Å²) in [7, 11) is 1.66. The third-order valence-corrected chi connectivity index (χ3v) is 4.10. The van der Waals surface area contributed by atoms with E-state index in [1.54, 1.807) is 7.11 Å². The largest absolute Gasteiger partial charge is 0.495 e. The Morgan fingerprint density at radius 3 is 2.61 bits per heavy atom. The third kappa shape index (κ3) is 2.79. The molecule has 0 atom stereocenters. The van der Waals surface area contributed by atoms with Gasteiger partial charge in [-0.15, -0.1) is 0 Å². The second-order valence-corrected chi connectivity index (χ2v) is 5.22. The molecule has 1 saturated heterocycles. The van der Waals surface area contributed by atoms with E-state index in [1.165, 1.54) is 11.1 Å². The number of methoxy groups -OCH3 is 1. The molecular weight excluding hydrogens is 248 g/mol. The zero-order valence-corrected chi connectivity index (χ0v) is 12.1. The number of aryl methyl sites for hydroxylation is 1. The highest BCUT2D eigenvalue weighted by Gasteiger charge is 2.16. The number of rotatable bonds is 3. The molecule has 0 bridgehead atoms. The Balaban J connectivity index is 2.24. The van der Waals surface area contributed by atoms with Crippen LogP contribution in [0.15, 0.2) is 6.07 Å². The number of ether oxygens (including phenoxy) is 1. The number of nitrogens with one attached hydrogen (secondary N) is 1. The lowest BCUT2D eigenvalue weighted by Gasteiger charge is -2.28. The van der Waals surface area contributed by atoms with Crippen LogP contribution in [0.25, 0.3) is 0 Å². The maximum Gasteiger partial charge on any atom is 0.138 e. The van der Waals surface area contributed by atoms with Gasteiger partial charge in [0, 0.05) is 32.7 Å². The average Bonchev–Trinajstić information content (AvgIpc) is 2.40. The number of nitrogens with zero attached hydrogens (tertiary/aromatic N) is 1. The second-order valence-electron chi connectivity index (χ2n) is 4.84. The van der Waals surface area contributed by atoms with Crippen molar-refractivity contribution in [3.8, 4) is 5.75 Å². The molecule has 100 valence electrons. The first-order valence-electron chi connectivity index (χ1n) is 6.39. The van der Waals surface area contributed by atoms with Crippen LogP contribution in [0.4, 0.5) is 0 Å². The quantitative estimate of drug-likeness (QED) is 0.911. The van der Waals surface area contributed by atoms with Gasteiger partial charge in [0.05, 0.1) is 12.1 Å². The van der Waals surface area contributed by atoms with Gasteiger partial charge in [0.2, 0.25) is 0 Å². The Hall–Kier alpha value is -0.770. The van der Waals surface area contributed by atoms with Gasteiger partial charge >= 0.3 is 0 Å². The van der Waals surface area contributed by atoms with Gasteiger partial charge in [0.1, 0.15) is 5.75 Å². The van der Waals surface area contributed by atoms with Crippen LogP contribution in [0.5, 0.6) is 5.75 Å². The van der Waals surface area contributed by atoms with Crippen molar-refractivity contribution in [2.75, 3.05) is 33.3 Å². The van der Waals surface area contributed by atoms with Crippen molar-refractivity contribution in [3.05, 3.63) is 27.8 Å². The van der Waals surface area contributed by atoms with Crippen LogP contribution in [0.2, 0.25) is 5.02 Å². The molecule has 0 saturated carbocycles. The van der Waals surface area contributed by atoms with Crippen LogP contribution in [0.1, 0.15) is 16.7 Å². The molecule has 0 amide bonds. The average molecular weight is 269 g/mol. The Morgan fingerprint density at radius 1 is 1.33 bits per heavy atom. The maximum atomic E-state index is 6.33. The fourth-order valence-electron chi connectivity index (χ4n) is 2.44. The number of halogens is 1. The second kappa shape index (κ2) is 5.91. The molecule has 3 nitrogen and oxygen atoms in total. The van der Waals surface area contributed by atoms with Crippen LogP contribution in [-0.4, -0.2) is 38.2 Å². The summed E-state index contributed by atoms with van der Waals surface area (Å²) in [5.74, 6) is 0.774. The number of hydrogen-bond donors (Lipinski definition) is 1. The number of benzene rings is 1. The molecule has 1 aliphatic heterocycles. The highest BCUT2D eigenvalue weighted by molar-refractivity contribution is 6.33. The molecule has 1 heterocycles. The summed E-state index contributed by atoms with van der Waals surface area (Å²) in [5, 5.41) is 4.12. The molecular formula is C14H21ClN2O. The van der Waals surface area contributed by atoms with E-state index in [0.29, 0.717) is 0 Å². The third-order valence-electron chi connectivity index (χ3n) is 3.63. The van der Waals surface area contributed by atoms with Crippen molar-refractivity contribution < 1.29 is 4.74 Å². The predicted molar refractivity (Wildman–Crippen MR) is 75.6 cm³/mol. The Kier molecular flexibility index (Phi) is 4.49. The standard InChI is InChI=1S/C14H21ClN2O/c1-10-8-13(18-3)14(15)11(2)12(10)9-17-6-4-16-5-7-17/h8,16H,4-7,9H2,1-3H3. The van der Waals surface area contributed by atoms with E-state index in [9.17, 15) is 0 Å². The minimum atomic E-state index is 0.744. The van der Waals surface area contributed by atoms with Crippen molar-refractivity contribution >= 4 is 11.6 Å². The van der Waals surface area contributed by atoms with Gasteiger partial charge in [-0.2, -0.15) is 0 Å². The fraction of sp³-hybridized carbons (Fsp3) is 0.571. The zero-order valence-electron chi connectivity index (χ0n) is 11.3. The summed E-state index contributed by atoms with van der Waals surface area (Å²) in [6.07, 6.45) is 0. The van der Waals surface area contributed by atoms with Gasteiger partial charge in [-0.25, -0.2) is 0 Å². The predicted octanol–water partition coefficient (Wildman–Crippen LogP) is 2.37. The minimum Gasteiger partial charge on any atom is -0.495 e. The van der Waals surface area contributed by atoms with Crippen LogP contribution in [0, 0.1) is 13.8 Å². The van der Waals surface area contributed by atoms with Gasteiger partial charge in [-0.1, -0.05) is 11.6 Å². The molecule has 0 spiro atoms. The minimum absolute atomic E-state index is 0.744. The van der Waals surface area contributed by atoms with Gasteiger partial charge in [0.25, 0.3) is 0 Å². The molecule has 18 heavy (non-hydrogen) atoms. The smallest absolute Gasteiger partial charge is 0.138 e. The van der Waals surface area contributed by atoms with Gasteiger partial charge in [0.15, 0.2) is 0 Å². The molecule has 4 heteroatoms. The normalized spacial score (nSPS) is 16.9. The first kappa shape index (κ1) is 13.7. The van der Waals surface area contributed by atoms with E-state index in [2.05, 4.69) is 24.1 Å². The van der Waals surface area contributed by atoms with E-state index in [-0.39, 0.29) is 0 Å². The summed E-state index contributed by atoms with van der Waals surface area (Å²) in [6.45, 7) is 9.52. The van der Waals surface area contributed by atoms with Gasteiger partial charge < -0.3 is 10.1 Å². The van der Waals surface area contributed by atoms with Crippen molar-refractivity contribution in [2.45, 2.75) is 20.4 Å². The summed E-state index contributed by atoms with van der Waals surface area (Å²) >= 11 is 6.33. The van der Waals surface area contributed by atoms with Crippen LogP contribution < -0.4 is 10.1 Å². The lowest BCUT2D eigenvalue weighted by Crippen LogP contribution is -2.43. The lowest BCUT2D eigenvalue weighted by molar-refractivity contribution is 0.232. The summed E-state index contributed by atoms with van der Waals surface area (Å²) in [6, 6.07) is 2.03. The molecule has 0 aromatic heterocycles. The van der Waals surface area contributed by atoms with E-state index in [4.69, 9.17) is 16.3 Å². The van der Waals surface area contributed by atoms with E-state index >= 15 is 0 Å². The topological polar surface area (TPSA) is 24.5 Å². The summed E-state index contributed by atoms with van der Waals surface area (Å²) in [5.41, 5.74) is 3.74. The van der Waals surface area contributed by atoms with Crippen molar-refractivity contribution in [3.63, 3.8) is 0 Å². The van der Waals surface area contributed by atoms with Crippen molar-refractivity contribution in [1.82, 2.24) is 10.2 Å². The lowest BCUT2D eigenvalue weighted by atomic mass is 10.0. The monoisotopic (exact) mass is 268 g/mol. The van der Waals surface area contributed by atoms with Crippen LogP contribution >= 0.6 is 11.6 Å². The van der Waals surface area contributed by atoms with Crippen LogP contribution in [-0.2, 0) is 6.54 Å². The van der Waals surface area contributed by atoms with Crippen molar-refractivity contribution in [1.29, 1.82) is 0 Å². The molecule has 1 aliphatic rings. The molecule has 0 aliphatic carbocycles. The van der Waals surface area contributed by atoms with E-state index in [1.807, 2.05) is 6.07 Å². The summed E-state index contributed by atoms with van der Waals surface area (Å²) < 4.78 is 5.30.